The van der Waals surface area contributed by atoms with Gasteiger partial charge in [-0.3, -0.25) is 0 Å². The van der Waals surface area contributed by atoms with Crippen LogP contribution in [0.25, 0.3) is 11.1 Å². The van der Waals surface area contributed by atoms with Crippen LogP contribution in [-0.2, 0) is 0 Å². The van der Waals surface area contributed by atoms with Crippen LogP contribution in [-0.4, -0.2) is 5.60 Å². The first-order valence-electron chi connectivity index (χ1n) is 11.4. The molecule has 4 aromatic rings. The third-order valence-electron chi connectivity index (χ3n) is 5.80. The van der Waals surface area contributed by atoms with E-state index in [9.17, 15) is 0 Å². The van der Waals surface area contributed by atoms with Crippen molar-refractivity contribution in [2.75, 3.05) is 0 Å². The molecule has 0 saturated carbocycles. The van der Waals surface area contributed by atoms with E-state index in [1.807, 2.05) is 0 Å². The summed E-state index contributed by atoms with van der Waals surface area (Å²) in [6, 6.07) is 32.7. The monoisotopic (exact) mass is 546 g/mol. The molecule has 1 nitrogen and oxygen atoms in total. The van der Waals surface area contributed by atoms with Crippen molar-refractivity contribution in [1.82, 2.24) is 0 Å². The summed E-state index contributed by atoms with van der Waals surface area (Å²) in [5, 5.41) is 0. The molecular weight excluding hydrogens is 515 g/mol. The maximum absolute atomic E-state index is 6.24. The Labute approximate surface area is 212 Å². The molecule has 0 fully saturated rings. The SMILES string of the molecule is Cc1cc(C(c2ccccc2)c2ccccc2)cc(C)c1-c1cccc(OC(C)(C)C)c1I. The second-order valence-electron chi connectivity index (χ2n) is 9.62. The molecule has 0 N–H and O–H groups in total. The fourth-order valence-corrected chi connectivity index (χ4v) is 5.31. The molecule has 4 aromatic carbocycles. The van der Waals surface area contributed by atoms with Gasteiger partial charge in [-0.05, 0) is 102 Å². The molecule has 0 heterocycles. The van der Waals surface area contributed by atoms with Crippen LogP contribution in [0.2, 0.25) is 0 Å². The molecule has 0 amide bonds. The van der Waals surface area contributed by atoms with E-state index in [0.717, 1.165) is 9.32 Å². The summed E-state index contributed by atoms with van der Waals surface area (Å²) in [5.41, 5.74) is 8.81. The van der Waals surface area contributed by atoms with Gasteiger partial charge in [-0.2, -0.15) is 0 Å². The Morgan fingerprint density at radius 3 is 1.67 bits per heavy atom. The topological polar surface area (TPSA) is 9.23 Å². The molecular formula is C31H31IO. The van der Waals surface area contributed by atoms with Crippen molar-refractivity contribution < 1.29 is 4.74 Å². The molecule has 33 heavy (non-hydrogen) atoms. The van der Waals surface area contributed by atoms with E-state index in [-0.39, 0.29) is 11.5 Å². The first-order chi connectivity index (χ1) is 15.7. The molecule has 168 valence electrons. The van der Waals surface area contributed by atoms with E-state index in [0.29, 0.717) is 0 Å². The Morgan fingerprint density at radius 2 is 1.18 bits per heavy atom. The second kappa shape index (κ2) is 9.72. The summed E-state index contributed by atoms with van der Waals surface area (Å²) in [5.74, 6) is 1.14. The Balaban J connectivity index is 1.83. The van der Waals surface area contributed by atoms with Crippen LogP contribution in [0.15, 0.2) is 91.0 Å². The van der Waals surface area contributed by atoms with Crippen LogP contribution in [0.4, 0.5) is 0 Å². The van der Waals surface area contributed by atoms with Crippen LogP contribution in [0, 0.1) is 17.4 Å². The summed E-state index contributed by atoms with van der Waals surface area (Å²) < 4.78 is 7.40. The Kier molecular flexibility index (Phi) is 6.94. The van der Waals surface area contributed by atoms with Crippen LogP contribution < -0.4 is 4.74 Å². The predicted octanol–water partition coefficient (Wildman–Crippen LogP) is 8.93. The summed E-state index contributed by atoms with van der Waals surface area (Å²) >= 11 is 2.43. The second-order valence-corrected chi connectivity index (χ2v) is 10.7. The highest BCUT2D eigenvalue weighted by Gasteiger charge is 2.21. The van der Waals surface area contributed by atoms with Gasteiger partial charge in [0, 0.05) is 5.92 Å². The summed E-state index contributed by atoms with van der Waals surface area (Å²) in [6.07, 6.45) is 0. The molecule has 0 atom stereocenters. The molecule has 0 bridgehead atoms. The van der Waals surface area contributed by atoms with Gasteiger partial charge in [0.15, 0.2) is 0 Å². The Bertz CT molecular complexity index is 1170. The largest absolute Gasteiger partial charge is 0.487 e. The predicted molar refractivity (Wildman–Crippen MR) is 148 cm³/mol. The Hall–Kier alpha value is -2.59. The normalized spacial score (nSPS) is 11.6. The van der Waals surface area contributed by atoms with Gasteiger partial charge in [0.1, 0.15) is 11.4 Å². The maximum Gasteiger partial charge on any atom is 0.134 e. The molecule has 0 aliphatic heterocycles. The smallest absolute Gasteiger partial charge is 0.134 e. The zero-order valence-corrected chi connectivity index (χ0v) is 22.2. The van der Waals surface area contributed by atoms with Crippen molar-refractivity contribution >= 4 is 22.6 Å². The fraction of sp³-hybridized carbons (Fsp3) is 0.226. The molecule has 0 aromatic heterocycles. The van der Waals surface area contributed by atoms with Crippen molar-refractivity contribution in [2.45, 2.75) is 46.1 Å². The molecule has 0 spiro atoms. The van der Waals surface area contributed by atoms with Crippen molar-refractivity contribution in [1.29, 1.82) is 0 Å². The number of ether oxygens (including phenoxy) is 1. The number of aryl methyl sites for hydroxylation is 2. The quantitative estimate of drug-likeness (QED) is 0.179. The van der Waals surface area contributed by atoms with Crippen LogP contribution in [0.3, 0.4) is 0 Å². The number of hydrogen-bond donors (Lipinski definition) is 0. The number of halogens is 1. The molecule has 0 aliphatic carbocycles. The minimum Gasteiger partial charge on any atom is -0.487 e. The highest BCUT2D eigenvalue weighted by molar-refractivity contribution is 14.1. The van der Waals surface area contributed by atoms with Gasteiger partial charge in [0.05, 0.1) is 3.57 Å². The van der Waals surface area contributed by atoms with Crippen LogP contribution >= 0.6 is 22.6 Å². The molecule has 4 rings (SSSR count). The lowest BCUT2D eigenvalue weighted by Gasteiger charge is -2.24. The van der Waals surface area contributed by atoms with Gasteiger partial charge in [-0.15, -0.1) is 0 Å². The Morgan fingerprint density at radius 1 is 0.667 bits per heavy atom. The van der Waals surface area contributed by atoms with Gasteiger partial charge in [-0.25, -0.2) is 0 Å². The molecule has 2 heteroatoms. The lowest BCUT2D eigenvalue weighted by Crippen LogP contribution is -2.23. The summed E-state index contributed by atoms with van der Waals surface area (Å²) in [7, 11) is 0. The lowest BCUT2D eigenvalue weighted by molar-refractivity contribution is 0.130. The maximum atomic E-state index is 6.24. The number of rotatable bonds is 5. The van der Waals surface area contributed by atoms with E-state index >= 15 is 0 Å². The zero-order valence-electron chi connectivity index (χ0n) is 20.0. The molecule has 0 unspecified atom stereocenters. The van der Waals surface area contributed by atoms with E-state index in [2.05, 4.69) is 148 Å². The average molecular weight is 546 g/mol. The molecule has 0 aliphatic rings. The molecule has 0 saturated heterocycles. The van der Waals surface area contributed by atoms with E-state index in [1.54, 1.807) is 0 Å². The van der Waals surface area contributed by atoms with Gasteiger partial charge < -0.3 is 4.74 Å². The van der Waals surface area contributed by atoms with Gasteiger partial charge in [0.25, 0.3) is 0 Å². The van der Waals surface area contributed by atoms with E-state index < -0.39 is 0 Å². The number of benzene rings is 4. The third kappa shape index (κ3) is 5.33. The van der Waals surface area contributed by atoms with Crippen LogP contribution in [0.1, 0.15) is 54.5 Å². The molecule has 0 radical (unpaired) electrons. The van der Waals surface area contributed by atoms with Crippen molar-refractivity contribution in [2.24, 2.45) is 0 Å². The zero-order chi connectivity index (χ0) is 23.6. The summed E-state index contributed by atoms with van der Waals surface area (Å²) in [6.45, 7) is 10.7. The van der Waals surface area contributed by atoms with E-state index in [4.69, 9.17) is 4.74 Å². The first-order valence-corrected chi connectivity index (χ1v) is 12.5. The minimum atomic E-state index is -0.231. The fourth-order valence-electron chi connectivity index (χ4n) is 4.57. The highest BCUT2D eigenvalue weighted by atomic mass is 127. The van der Waals surface area contributed by atoms with Crippen molar-refractivity contribution in [3.8, 4) is 16.9 Å². The highest BCUT2D eigenvalue weighted by Crippen LogP contribution is 2.40. The summed E-state index contributed by atoms with van der Waals surface area (Å²) in [4.78, 5) is 0. The third-order valence-corrected chi connectivity index (χ3v) is 6.92. The van der Waals surface area contributed by atoms with Gasteiger partial charge in [-0.1, -0.05) is 84.9 Å². The van der Waals surface area contributed by atoms with Gasteiger partial charge >= 0.3 is 0 Å². The van der Waals surface area contributed by atoms with E-state index in [1.165, 1.54) is 38.9 Å². The average Bonchev–Trinajstić information content (AvgIpc) is 2.77. The van der Waals surface area contributed by atoms with Crippen molar-refractivity contribution in [3.05, 3.63) is 122 Å². The van der Waals surface area contributed by atoms with Crippen molar-refractivity contribution in [3.63, 3.8) is 0 Å². The minimum absolute atomic E-state index is 0.202. The lowest BCUT2D eigenvalue weighted by atomic mass is 9.82. The van der Waals surface area contributed by atoms with Crippen LogP contribution in [0.5, 0.6) is 5.75 Å². The first kappa shape index (κ1) is 23.6. The number of hydrogen-bond acceptors (Lipinski definition) is 1. The standard InChI is InChI=1S/C31H31IO/c1-21-19-25(29(23-13-8-6-9-14-23)24-15-10-7-11-16-24)20-22(2)28(21)26-17-12-18-27(30(26)32)33-31(3,4)5/h6-20,29H,1-5H3. The van der Waals surface area contributed by atoms with Gasteiger partial charge in [0.2, 0.25) is 0 Å².